The first-order valence-electron chi connectivity index (χ1n) is 4.47. The predicted molar refractivity (Wildman–Crippen MR) is 51.8 cm³/mol. The van der Waals surface area contributed by atoms with Gasteiger partial charge < -0.3 is 5.32 Å². The van der Waals surface area contributed by atoms with Gasteiger partial charge in [-0.2, -0.15) is 0 Å². The summed E-state index contributed by atoms with van der Waals surface area (Å²) < 4.78 is 0. The van der Waals surface area contributed by atoms with E-state index < -0.39 is 0 Å². The van der Waals surface area contributed by atoms with Gasteiger partial charge in [0.15, 0.2) is 0 Å². The summed E-state index contributed by atoms with van der Waals surface area (Å²) in [7, 11) is 0. The fourth-order valence-electron chi connectivity index (χ4n) is 0.854. The molecular formula is C10H21N. The third kappa shape index (κ3) is 9.70. The molecule has 0 atom stereocenters. The Morgan fingerprint density at radius 1 is 1.36 bits per heavy atom. The maximum absolute atomic E-state index is 3.40. The van der Waals surface area contributed by atoms with E-state index in [0.29, 0.717) is 0 Å². The molecule has 0 heterocycles. The summed E-state index contributed by atoms with van der Waals surface area (Å²) in [5, 5.41) is 3.40. The van der Waals surface area contributed by atoms with E-state index in [9.17, 15) is 0 Å². The smallest absolute Gasteiger partial charge is 0.00141 e. The van der Waals surface area contributed by atoms with Crippen LogP contribution in [0.5, 0.6) is 0 Å². The van der Waals surface area contributed by atoms with Gasteiger partial charge in [-0.25, -0.2) is 0 Å². The van der Waals surface area contributed by atoms with Gasteiger partial charge >= 0.3 is 0 Å². The molecule has 0 aromatic carbocycles. The molecule has 0 spiro atoms. The van der Waals surface area contributed by atoms with Gasteiger partial charge in [0.05, 0.1) is 0 Å². The van der Waals surface area contributed by atoms with Gasteiger partial charge in [0, 0.05) is 0 Å². The van der Waals surface area contributed by atoms with Crippen molar-refractivity contribution >= 4 is 0 Å². The molecule has 0 bridgehead atoms. The maximum Gasteiger partial charge on any atom is -0.00141 e. The number of hydrogen-bond donors (Lipinski definition) is 1. The highest BCUT2D eigenvalue weighted by Gasteiger charge is 1.90. The van der Waals surface area contributed by atoms with E-state index in [-0.39, 0.29) is 0 Å². The van der Waals surface area contributed by atoms with Crippen LogP contribution < -0.4 is 5.32 Å². The first kappa shape index (κ1) is 10.7. The molecule has 66 valence electrons. The molecule has 0 aliphatic heterocycles. The molecule has 1 nitrogen and oxygen atoms in total. The van der Waals surface area contributed by atoms with Crippen molar-refractivity contribution < 1.29 is 0 Å². The Kier molecular flexibility index (Phi) is 6.24. The summed E-state index contributed by atoms with van der Waals surface area (Å²) in [5.74, 6) is 0.765. The van der Waals surface area contributed by atoms with Gasteiger partial charge in [0.25, 0.3) is 0 Å². The number of rotatable bonds is 5. The molecule has 0 rings (SSSR count). The topological polar surface area (TPSA) is 12.0 Å². The van der Waals surface area contributed by atoms with Crippen LogP contribution in [0, 0.1) is 5.92 Å². The van der Waals surface area contributed by atoms with Crippen LogP contribution in [0.25, 0.3) is 0 Å². The predicted octanol–water partition coefficient (Wildman–Crippen LogP) is 2.59. The van der Waals surface area contributed by atoms with Crippen molar-refractivity contribution in [2.45, 2.75) is 34.1 Å². The monoisotopic (exact) mass is 155 g/mol. The van der Waals surface area contributed by atoms with Crippen LogP contribution in [0.4, 0.5) is 0 Å². The van der Waals surface area contributed by atoms with Crippen molar-refractivity contribution in [1.82, 2.24) is 5.32 Å². The van der Waals surface area contributed by atoms with E-state index in [0.717, 1.165) is 25.4 Å². The summed E-state index contributed by atoms with van der Waals surface area (Å²) in [5.41, 5.74) is 1.41. The second-order valence-electron chi connectivity index (χ2n) is 3.67. The number of allylic oxidation sites excluding steroid dienone is 1. The van der Waals surface area contributed by atoms with E-state index >= 15 is 0 Å². The zero-order chi connectivity index (χ0) is 8.69. The summed E-state index contributed by atoms with van der Waals surface area (Å²) in [4.78, 5) is 0. The molecule has 0 radical (unpaired) electrons. The molecule has 0 aliphatic rings. The highest BCUT2D eigenvalue weighted by Crippen LogP contribution is 1.92. The maximum atomic E-state index is 3.40. The summed E-state index contributed by atoms with van der Waals surface area (Å²) in [6, 6.07) is 0. The van der Waals surface area contributed by atoms with E-state index in [4.69, 9.17) is 0 Å². The molecule has 0 aliphatic carbocycles. The SMILES string of the molecule is CC(C)=CCCNCC(C)C. The van der Waals surface area contributed by atoms with Gasteiger partial charge in [0.1, 0.15) is 0 Å². The van der Waals surface area contributed by atoms with Gasteiger partial charge in [-0.15, -0.1) is 0 Å². The Balaban J connectivity index is 3.09. The van der Waals surface area contributed by atoms with E-state index in [2.05, 4.69) is 39.1 Å². The van der Waals surface area contributed by atoms with Crippen molar-refractivity contribution in [1.29, 1.82) is 0 Å². The average Bonchev–Trinajstić information content (AvgIpc) is 1.85. The second-order valence-corrected chi connectivity index (χ2v) is 3.67. The lowest BCUT2D eigenvalue weighted by atomic mass is 10.2. The third-order valence-corrected chi connectivity index (χ3v) is 1.43. The number of nitrogens with one attached hydrogen (secondary N) is 1. The van der Waals surface area contributed by atoms with Crippen molar-refractivity contribution in [3.05, 3.63) is 11.6 Å². The van der Waals surface area contributed by atoms with Crippen LogP contribution in [0.3, 0.4) is 0 Å². The third-order valence-electron chi connectivity index (χ3n) is 1.43. The lowest BCUT2D eigenvalue weighted by Crippen LogP contribution is -2.20. The lowest BCUT2D eigenvalue weighted by Gasteiger charge is -2.04. The quantitative estimate of drug-likeness (QED) is 0.475. The second kappa shape index (κ2) is 6.41. The Labute approximate surface area is 70.9 Å². The first-order valence-corrected chi connectivity index (χ1v) is 4.47. The Bertz CT molecular complexity index is 110. The molecule has 0 aromatic heterocycles. The van der Waals surface area contributed by atoms with Crippen molar-refractivity contribution in [2.75, 3.05) is 13.1 Å². The molecule has 0 saturated heterocycles. The first-order chi connectivity index (χ1) is 5.13. The Morgan fingerprint density at radius 3 is 2.45 bits per heavy atom. The van der Waals surface area contributed by atoms with Crippen molar-refractivity contribution in [3.63, 3.8) is 0 Å². The molecular weight excluding hydrogens is 134 g/mol. The summed E-state index contributed by atoms with van der Waals surface area (Å²) >= 11 is 0. The van der Waals surface area contributed by atoms with E-state index in [1.807, 2.05) is 0 Å². The van der Waals surface area contributed by atoms with Crippen molar-refractivity contribution in [3.8, 4) is 0 Å². The van der Waals surface area contributed by atoms with E-state index in [1.165, 1.54) is 5.57 Å². The fourth-order valence-corrected chi connectivity index (χ4v) is 0.854. The normalized spacial score (nSPS) is 10.3. The molecule has 0 unspecified atom stereocenters. The van der Waals surface area contributed by atoms with Gasteiger partial charge in [-0.1, -0.05) is 25.5 Å². The van der Waals surface area contributed by atoms with Gasteiger partial charge in [-0.3, -0.25) is 0 Å². The highest BCUT2D eigenvalue weighted by molar-refractivity contribution is 4.92. The molecule has 11 heavy (non-hydrogen) atoms. The molecule has 1 N–H and O–H groups in total. The Hall–Kier alpha value is -0.300. The van der Waals surface area contributed by atoms with Crippen LogP contribution in [0.15, 0.2) is 11.6 Å². The summed E-state index contributed by atoms with van der Waals surface area (Å²) in [6.45, 7) is 11.0. The van der Waals surface area contributed by atoms with Crippen LogP contribution in [0.2, 0.25) is 0 Å². The fraction of sp³-hybridized carbons (Fsp3) is 0.800. The molecule has 0 amide bonds. The minimum atomic E-state index is 0.765. The minimum absolute atomic E-state index is 0.765. The van der Waals surface area contributed by atoms with Crippen LogP contribution in [0.1, 0.15) is 34.1 Å². The summed E-state index contributed by atoms with van der Waals surface area (Å²) in [6.07, 6.45) is 3.43. The minimum Gasteiger partial charge on any atom is -0.316 e. The highest BCUT2D eigenvalue weighted by atomic mass is 14.8. The van der Waals surface area contributed by atoms with Crippen LogP contribution >= 0.6 is 0 Å². The molecule has 0 aromatic rings. The zero-order valence-corrected chi connectivity index (χ0v) is 8.28. The Morgan fingerprint density at radius 2 is 2.00 bits per heavy atom. The zero-order valence-electron chi connectivity index (χ0n) is 8.28. The molecule has 1 heteroatoms. The van der Waals surface area contributed by atoms with Crippen LogP contribution in [-0.2, 0) is 0 Å². The van der Waals surface area contributed by atoms with E-state index in [1.54, 1.807) is 0 Å². The van der Waals surface area contributed by atoms with Crippen LogP contribution in [-0.4, -0.2) is 13.1 Å². The molecule has 0 fully saturated rings. The van der Waals surface area contributed by atoms with Gasteiger partial charge in [0.2, 0.25) is 0 Å². The number of hydrogen-bond acceptors (Lipinski definition) is 1. The standard InChI is InChI=1S/C10H21N/c1-9(2)6-5-7-11-8-10(3)4/h6,10-11H,5,7-8H2,1-4H3. The average molecular weight is 155 g/mol. The largest absolute Gasteiger partial charge is 0.316 e. The molecule has 0 saturated carbocycles. The lowest BCUT2D eigenvalue weighted by molar-refractivity contribution is 0.556. The van der Waals surface area contributed by atoms with Crippen molar-refractivity contribution in [2.24, 2.45) is 5.92 Å². The van der Waals surface area contributed by atoms with Gasteiger partial charge in [-0.05, 0) is 39.3 Å².